The lowest BCUT2D eigenvalue weighted by atomic mass is 10.0. The fourth-order valence-electron chi connectivity index (χ4n) is 4.48. The molecule has 0 amide bonds. The molecule has 1 nitrogen and oxygen atoms in total. The molecule has 0 saturated heterocycles. The van der Waals surface area contributed by atoms with Crippen LogP contribution < -0.4 is 5.32 Å². The second kappa shape index (κ2) is 29.0. The van der Waals surface area contributed by atoms with Crippen LogP contribution in [0.3, 0.4) is 0 Å². The standard InChI is InChI=1S/C29H61N/c1-3-5-7-9-11-13-14-15-16-17-18-19-21-23-25-27-29-30-28-26-24-22-20-12-10-8-6-4-2/h30H,3-29H2,1-2H3. The third kappa shape index (κ3) is 28.0. The Hall–Kier alpha value is -0.0400. The highest BCUT2D eigenvalue weighted by Gasteiger charge is 1.95. The lowest BCUT2D eigenvalue weighted by Gasteiger charge is -2.06. The topological polar surface area (TPSA) is 12.0 Å². The van der Waals surface area contributed by atoms with E-state index in [-0.39, 0.29) is 0 Å². The summed E-state index contributed by atoms with van der Waals surface area (Å²) in [5, 5.41) is 3.65. The van der Waals surface area contributed by atoms with E-state index in [4.69, 9.17) is 0 Å². The van der Waals surface area contributed by atoms with Crippen LogP contribution in [-0.2, 0) is 0 Å². The van der Waals surface area contributed by atoms with Gasteiger partial charge in [-0.05, 0) is 25.9 Å². The fraction of sp³-hybridized carbons (Fsp3) is 1.00. The van der Waals surface area contributed by atoms with Crippen molar-refractivity contribution in [3.63, 3.8) is 0 Å². The van der Waals surface area contributed by atoms with Crippen LogP contribution in [0.15, 0.2) is 0 Å². The van der Waals surface area contributed by atoms with Gasteiger partial charge < -0.3 is 5.32 Å². The van der Waals surface area contributed by atoms with Crippen molar-refractivity contribution in [3.8, 4) is 0 Å². The summed E-state index contributed by atoms with van der Waals surface area (Å²) >= 11 is 0. The number of nitrogens with one attached hydrogen (secondary N) is 1. The monoisotopic (exact) mass is 423 g/mol. The van der Waals surface area contributed by atoms with Crippen LogP contribution in [0.4, 0.5) is 0 Å². The third-order valence-corrected chi connectivity index (χ3v) is 6.66. The van der Waals surface area contributed by atoms with E-state index in [0.717, 1.165) is 0 Å². The zero-order valence-electron chi connectivity index (χ0n) is 21.6. The van der Waals surface area contributed by atoms with Gasteiger partial charge in [0.15, 0.2) is 0 Å². The van der Waals surface area contributed by atoms with Crippen molar-refractivity contribution >= 4 is 0 Å². The van der Waals surface area contributed by atoms with E-state index in [0.29, 0.717) is 0 Å². The SMILES string of the molecule is CCCCCCCCCCCCCCCCCCNCCCCCCCCCCC. The molecule has 0 unspecified atom stereocenters. The molecule has 0 aromatic rings. The molecule has 0 aliphatic heterocycles. The van der Waals surface area contributed by atoms with E-state index in [2.05, 4.69) is 19.2 Å². The Morgan fingerprint density at radius 3 is 0.700 bits per heavy atom. The Morgan fingerprint density at radius 2 is 0.467 bits per heavy atom. The largest absolute Gasteiger partial charge is 0.317 e. The molecule has 0 bridgehead atoms. The molecular formula is C29H61N. The first kappa shape index (κ1) is 30.0. The fourth-order valence-corrected chi connectivity index (χ4v) is 4.48. The van der Waals surface area contributed by atoms with Crippen LogP contribution in [0.1, 0.15) is 174 Å². The third-order valence-electron chi connectivity index (χ3n) is 6.66. The number of hydrogen-bond acceptors (Lipinski definition) is 1. The van der Waals surface area contributed by atoms with E-state index in [9.17, 15) is 0 Å². The molecule has 0 aliphatic carbocycles. The maximum Gasteiger partial charge on any atom is -0.00489 e. The Labute approximate surface area is 193 Å². The first-order valence-electron chi connectivity index (χ1n) is 14.6. The second-order valence-corrected chi connectivity index (χ2v) is 9.88. The first-order valence-corrected chi connectivity index (χ1v) is 14.6. The van der Waals surface area contributed by atoms with Crippen molar-refractivity contribution in [2.75, 3.05) is 13.1 Å². The molecule has 1 heteroatoms. The van der Waals surface area contributed by atoms with Gasteiger partial charge in [0.05, 0.1) is 0 Å². The molecule has 0 atom stereocenters. The maximum absolute atomic E-state index is 3.65. The molecule has 30 heavy (non-hydrogen) atoms. The summed E-state index contributed by atoms with van der Waals surface area (Å²) in [4.78, 5) is 0. The Bertz CT molecular complexity index is 248. The summed E-state index contributed by atoms with van der Waals surface area (Å²) in [6.07, 6.45) is 36.3. The predicted octanol–water partition coefficient (Wildman–Crippen LogP) is 10.4. The van der Waals surface area contributed by atoms with Crippen LogP contribution in [-0.4, -0.2) is 13.1 Å². The predicted molar refractivity (Wildman–Crippen MR) is 140 cm³/mol. The first-order chi connectivity index (χ1) is 14.9. The van der Waals surface area contributed by atoms with Crippen molar-refractivity contribution in [3.05, 3.63) is 0 Å². The Kier molecular flexibility index (Phi) is 28.9. The van der Waals surface area contributed by atoms with Gasteiger partial charge in [-0.3, -0.25) is 0 Å². The minimum atomic E-state index is 1.24. The highest BCUT2D eigenvalue weighted by atomic mass is 14.8. The zero-order chi connectivity index (χ0) is 21.8. The summed E-state index contributed by atoms with van der Waals surface area (Å²) in [6, 6.07) is 0. The van der Waals surface area contributed by atoms with Crippen LogP contribution in [0, 0.1) is 0 Å². The molecule has 0 aromatic carbocycles. The summed E-state index contributed by atoms with van der Waals surface area (Å²) in [5.41, 5.74) is 0. The zero-order valence-corrected chi connectivity index (χ0v) is 21.6. The average Bonchev–Trinajstić information content (AvgIpc) is 2.76. The average molecular weight is 424 g/mol. The van der Waals surface area contributed by atoms with Gasteiger partial charge in [-0.2, -0.15) is 0 Å². The van der Waals surface area contributed by atoms with Gasteiger partial charge in [0.1, 0.15) is 0 Å². The van der Waals surface area contributed by atoms with E-state index >= 15 is 0 Å². The highest BCUT2D eigenvalue weighted by molar-refractivity contribution is 4.53. The van der Waals surface area contributed by atoms with Crippen LogP contribution in [0.2, 0.25) is 0 Å². The Morgan fingerprint density at radius 1 is 0.267 bits per heavy atom. The van der Waals surface area contributed by atoms with E-state index in [1.807, 2.05) is 0 Å². The van der Waals surface area contributed by atoms with Gasteiger partial charge in [-0.25, -0.2) is 0 Å². The smallest absolute Gasteiger partial charge is 0.00489 e. The van der Waals surface area contributed by atoms with Crippen molar-refractivity contribution in [2.24, 2.45) is 0 Å². The lowest BCUT2D eigenvalue weighted by Crippen LogP contribution is -2.16. The molecule has 0 fully saturated rings. The maximum atomic E-state index is 3.65. The molecule has 1 N–H and O–H groups in total. The quantitative estimate of drug-likeness (QED) is 0.129. The van der Waals surface area contributed by atoms with E-state index in [1.54, 1.807) is 0 Å². The number of hydrogen-bond donors (Lipinski definition) is 1. The molecule has 0 rings (SSSR count). The molecule has 0 aliphatic rings. The minimum absolute atomic E-state index is 1.24. The minimum Gasteiger partial charge on any atom is -0.317 e. The molecule has 0 saturated carbocycles. The van der Waals surface area contributed by atoms with Crippen LogP contribution in [0.5, 0.6) is 0 Å². The number of unbranched alkanes of at least 4 members (excludes halogenated alkanes) is 23. The molecule has 182 valence electrons. The molecule has 0 heterocycles. The summed E-state index contributed by atoms with van der Waals surface area (Å²) in [7, 11) is 0. The van der Waals surface area contributed by atoms with E-state index < -0.39 is 0 Å². The van der Waals surface area contributed by atoms with Crippen molar-refractivity contribution in [1.29, 1.82) is 0 Å². The molecule has 0 radical (unpaired) electrons. The summed E-state index contributed by atoms with van der Waals surface area (Å²) in [5.74, 6) is 0. The summed E-state index contributed by atoms with van der Waals surface area (Å²) in [6.45, 7) is 7.09. The van der Waals surface area contributed by atoms with Gasteiger partial charge in [0, 0.05) is 0 Å². The molecule has 0 spiro atoms. The van der Waals surface area contributed by atoms with Gasteiger partial charge >= 0.3 is 0 Å². The van der Waals surface area contributed by atoms with E-state index in [1.165, 1.54) is 174 Å². The van der Waals surface area contributed by atoms with Gasteiger partial charge in [-0.1, -0.05) is 162 Å². The van der Waals surface area contributed by atoms with Crippen molar-refractivity contribution in [2.45, 2.75) is 174 Å². The van der Waals surface area contributed by atoms with Gasteiger partial charge in [-0.15, -0.1) is 0 Å². The van der Waals surface area contributed by atoms with Gasteiger partial charge in [0.25, 0.3) is 0 Å². The van der Waals surface area contributed by atoms with Crippen LogP contribution in [0.25, 0.3) is 0 Å². The van der Waals surface area contributed by atoms with Crippen molar-refractivity contribution < 1.29 is 0 Å². The normalized spacial score (nSPS) is 11.4. The highest BCUT2D eigenvalue weighted by Crippen LogP contribution is 2.13. The lowest BCUT2D eigenvalue weighted by molar-refractivity contribution is 0.519. The molecule has 0 aromatic heterocycles. The number of rotatable bonds is 27. The second-order valence-electron chi connectivity index (χ2n) is 9.88. The molecular weight excluding hydrogens is 362 g/mol. The summed E-state index contributed by atoms with van der Waals surface area (Å²) < 4.78 is 0. The Balaban J connectivity index is 2.97. The van der Waals surface area contributed by atoms with Crippen LogP contribution >= 0.6 is 0 Å². The van der Waals surface area contributed by atoms with Gasteiger partial charge in [0.2, 0.25) is 0 Å². The van der Waals surface area contributed by atoms with Crippen molar-refractivity contribution in [1.82, 2.24) is 5.32 Å².